The molecule has 0 N–H and O–H groups in total. The maximum atomic E-state index is 12.9. The maximum Gasteiger partial charge on any atom is 0.289 e. The molecule has 1 saturated heterocycles. The SMILES string of the molecule is CCC(C(=O)N1CCN(C(=O)c2ccco2)CC1)c1ccc(Cl)cc1. The Morgan fingerprint density at radius 3 is 2.28 bits per heavy atom. The van der Waals surface area contributed by atoms with Crippen LogP contribution in [0.15, 0.2) is 47.1 Å². The molecule has 1 atom stereocenters. The number of hydrogen-bond donors (Lipinski definition) is 0. The van der Waals surface area contributed by atoms with E-state index in [0.29, 0.717) is 37.0 Å². The smallest absolute Gasteiger partial charge is 0.289 e. The van der Waals surface area contributed by atoms with Crippen LogP contribution in [-0.2, 0) is 4.79 Å². The average Bonchev–Trinajstić information content (AvgIpc) is 3.18. The predicted molar refractivity (Wildman–Crippen MR) is 95.7 cm³/mol. The molecule has 2 aromatic rings. The molecule has 2 heterocycles. The molecule has 3 rings (SSSR count). The van der Waals surface area contributed by atoms with E-state index in [-0.39, 0.29) is 17.7 Å². The summed E-state index contributed by atoms with van der Waals surface area (Å²) < 4.78 is 5.16. The van der Waals surface area contributed by atoms with Crippen molar-refractivity contribution in [3.63, 3.8) is 0 Å². The Balaban J connectivity index is 1.62. The number of carbonyl (C=O) groups is 2. The van der Waals surface area contributed by atoms with Crippen LogP contribution in [-0.4, -0.2) is 47.8 Å². The van der Waals surface area contributed by atoms with Gasteiger partial charge in [0.1, 0.15) is 0 Å². The van der Waals surface area contributed by atoms with Gasteiger partial charge in [0.05, 0.1) is 12.2 Å². The van der Waals surface area contributed by atoms with Crippen molar-refractivity contribution < 1.29 is 14.0 Å². The molecular formula is C19H21ClN2O3. The minimum atomic E-state index is -0.176. The Bertz CT molecular complexity index is 720. The van der Waals surface area contributed by atoms with Crippen LogP contribution in [0.5, 0.6) is 0 Å². The summed E-state index contributed by atoms with van der Waals surface area (Å²) in [6.07, 6.45) is 2.22. The fraction of sp³-hybridized carbons (Fsp3) is 0.368. The van der Waals surface area contributed by atoms with Crippen molar-refractivity contribution >= 4 is 23.4 Å². The lowest BCUT2D eigenvalue weighted by Gasteiger charge is -2.36. The van der Waals surface area contributed by atoms with Gasteiger partial charge in [0, 0.05) is 31.2 Å². The molecule has 2 amide bonds. The van der Waals surface area contributed by atoms with Crippen LogP contribution in [0.4, 0.5) is 0 Å². The van der Waals surface area contributed by atoms with Crippen LogP contribution in [0.2, 0.25) is 5.02 Å². The van der Waals surface area contributed by atoms with Gasteiger partial charge < -0.3 is 14.2 Å². The number of benzene rings is 1. The summed E-state index contributed by atoms with van der Waals surface area (Å²) in [6, 6.07) is 10.8. The maximum absolute atomic E-state index is 12.9. The van der Waals surface area contributed by atoms with Gasteiger partial charge in [0.2, 0.25) is 5.91 Å². The third-order valence-electron chi connectivity index (χ3n) is 4.59. The van der Waals surface area contributed by atoms with E-state index in [1.165, 1.54) is 6.26 Å². The standard InChI is InChI=1S/C19H21ClN2O3/c1-2-16(14-5-7-15(20)8-6-14)18(23)21-9-11-22(12-10-21)19(24)17-4-3-13-25-17/h3-8,13,16H,2,9-12H2,1H3. The summed E-state index contributed by atoms with van der Waals surface area (Å²) in [7, 11) is 0. The summed E-state index contributed by atoms with van der Waals surface area (Å²) in [4.78, 5) is 28.8. The first-order valence-corrected chi connectivity index (χ1v) is 8.85. The molecule has 1 aliphatic rings. The zero-order chi connectivity index (χ0) is 17.8. The number of rotatable bonds is 4. The molecule has 1 aromatic heterocycles. The molecule has 0 aliphatic carbocycles. The summed E-state index contributed by atoms with van der Waals surface area (Å²) in [6.45, 7) is 4.11. The topological polar surface area (TPSA) is 53.8 Å². The van der Waals surface area contributed by atoms with E-state index in [4.69, 9.17) is 16.0 Å². The van der Waals surface area contributed by atoms with Crippen molar-refractivity contribution in [1.29, 1.82) is 0 Å². The van der Waals surface area contributed by atoms with Gasteiger partial charge in [-0.2, -0.15) is 0 Å². The molecule has 0 radical (unpaired) electrons. The van der Waals surface area contributed by atoms with Crippen LogP contribution >= 0.6 is 11.6 Å². The van der Waals surface area contributed by atoms with Gasteiger partial charge in [-0.05, 0) is 36.2 Å². The van der Waals surface area contributed by atoms with E-state index < -0.39 is 0 Å². The van der Waals surface area contributed by atoms with Crippen LogP contribution in [0.3, 0.4) is 0 Å². The Morgan fingerprint density at radius 1 is 1.08 bits per heavy atom. The van der Waals surface area contributed by atoms with Crippen molar-refractivity contribution in [2.75, 3.05) is 26.2 Å². The van der Waals surface area contributed by atoms with E-state index in [1.807, 2.05) is 36.1 Å². The molecule has 25 heavy (non-hydrogen) atoms. The van der Waals surface area contributed by atoms with Crippen LogP contribution in [0.25, 0.3) is 0 Å². The highest BCUT2D eigenvalue weighted by atomic mass is 35.5. The zero-order valence-corrected chi connectivity index (χ0v) is 14.9. The van der Waals surface area contributed by atoms with Crippen molar-refractivity contribution in [3.05, 3.63) is 59.0 Å². The largest absolute Gasteiger partial charge is 0.459 e. The Hall–Kier alpha value is -2.27. The number of nitrogens with zero attached hydrogens (tertiary/aromatic N) is 2. The van der Waals surface area contributed by atoms with Gasteiger partial charge >= 0.3 is 0 Å². The van der Waals surface area contributed by atoms with E-state index in [0.717, 1.165) is 12.0 Å². The molecule has 1 aromatic carbocycles. The highest BCUT2D eigenvalue weighted by Gasteiger charge is 2.29. The van der Waals surface area contributed by atoms with Crippen molar-refractivity contribution in [3.8, 4) is 0 Å². The van der Waals surface area contributed by atoms with E-state index >= 15 is 0 Å². The van der Waals surface area contributed by atoms with Gasteiger partial charge in [0.25, 0.3) is 5.91 Å². The Labute approximate surface area is 152 Å². The molecule has 1 unspecified atom stereocenters. The van der Waals surface area contributed by atoms with Gasteiger partial charge in [-0.15, -0.1) is 0 Å². The molecule has 0 saturated carbocycles. The average molecular weight is 361 g/mol. The Morgan fingerprint density at radius 2 is 1.72 bits per heavy atom. The fourth-order valence-corrected chi connectivity index (χ4v) is 3.28. The predicted octanol–water partition coefficient (Wildman–Crippen LogP) is 3.41. The second kappa shape index (κ2) is 7.74. The first-order chi connectivity index (χ1) is 12.1. The Kier molecular flexibility index (Phi) is 5.43. The minimum Gasteiger partial charge on any atom is -0.459 e. The molecule has 0 bridgehead atoms. The molecule has 5 nitrogen and oxygen atoms in total. The first-order valence-electron chi connectivity index (χ1n) is 8.47. The summed E-state index contributed by atoms with van der Waals surface area (Å²) in [5.41, 5.74) is 0.978. The molecule has 6 heteroatoms. The zero-order valence-electron chi connectivity index (χ0n) is 14.2. The van der Waals surface area contributed by atoms with Crippen molar-refractivity contribution in [2.24, 2.45) is 0 Å². The monoisotopic (exact) mass is 360 g/mol. The molecule has 1 fully saturated rings. The molecule has 0 spiro atoms. The lowest BCUT2D eigenvalue weighted by molar-refractivity contribution is -0.134. The summed E-state index contributed by atoms with van der Waals surface area (Å²) >= 11 is 5.94. The van der Waals surface area contributed by atoms with Gasteiger partial charge in [-0.3, -0.25) is 9.59 Å². The molecule has 132 valence electrons. The number of carbonyl (C=O) groups excluding carboxylic acids is 2. The third-order valence-corrected chi connectivity index (χ3v) is 4.84. The number of amides is 2. The third kappa shape index (κ3) is 3.87. The highest BCUT2D eigenvalue weighted by Crippen LogP contribution is 2.24. The van der Waals surface area contributed by atoms with Crippen LogP contribution in [0, 0.1) is 0 Å². The quantitative estimate of drug-likeness (QED) is 0.839. The number of furan rings is 1. The van der Waals surface area contributed by atoms with Gasteiger partial charge in [-0.25, -0.2) is 0 Å². The number of piperazine rings is 1. The molecule has 1 aliphatic heterocycles. The van der Waals surface area contributed by atoms with Crippen molar-refractivity contribution in [1.82, 2.24) is 9.80 Å². The highest BCUT2D eigenvalue weighted by molar-refractivity contribution is 6.30. The van der Waals surface area contributed by atoms with Gasteiger partial charge in [-0.1, -0.05) is 30.7 Å². The molecular weight excluding hydrogens is 340 g/mol. The van der Waals surface area contributed by atoms with Crippen LogP contribution < -0.4 is 0 Å². The van der Waals surface area contributed by atoms with E-state index in [1.54, 1.807) is 17.0 Å². The van der Waals surface area contributed by atoms with E-state index in [2.05, 4.69) is 0 Å². The second-order valence-corrected chi connectivity index (χ2v) is 6.54. The van der Waals surface area contributed by atoms with Crippen molar-refractivity contribution in [2.45, 2.75) is 19.3 Å². The second-order valence-electron chi connectivity index (χ2n) is 6.11. The summed E-state index contributed by atoms with van der Waals surface area (Å²) in [5, 5.41) is 0.663. The van der Waals surface area contributed by atoms with Crippen LogP contribution in [0.1, 0.15) is 35.4 Å². The minimum absolute atomic E-state index is 0.106. The normalized spacial score (nSPS) is 15.9. The van der Waals surface area contributed by atoms with E-state index in [9.17, 15) is 9.59 Å². The summed E-state index contributed by atoms with van der Waals surface area (Å²) in [5.74, 6) is 0.147. The lowest BCUT2D eigenvalue weighted by atomic mass is 9.94. The first kappa shape index (κ1) is 17.5. The number of halogens is 1. The number of hydrogen-bond acceptors (Lipinski definition) is 3. The lowest BCUT2D eigenvalue weighted by Crippen LogP contribution is -2.51. The van der Waals surface area contributed by atoms with Gasteiger partial charge in [0.15, 0.2) is 5.76 Å². The fourth-order valence-electron chi connectivity index (χ4n) is 3.15.